The molecular formula is C22H26N4Na2O6. The fourth-order valence-electron chi connectivity index (χ4n) is 3.24. The number of nitrogens with two attached hydrogens (primary N) is 2. The molecule has 0 spiro atoms. The van der Waals surface area contributed by atoms with Crippen molar-refractivity contribution >= 4 is 33.7 Å². The van der Waals surface area contributed by atoms with E-state index >= 15 is 0 Å². The Morgan fingerprint density at radius 3 is 1.35 bits per heavy atom. The topological polar surface area (TPSA) is 227 Å². The Morgan fingerprint density at radius 2 is 1.03 bits per heavy atom. The van der Waals surface area contributed by atoms with Gasteiger partial charge in [0.1, 0.15) is 0 Å². The van der Waals surface area contributed by atoms with E-state index in [0.29, 0.717) is 0 Å². The molecule has 4 aromatic rings. The van der Waals surface area contributed by atoms with Crippen molar-refractivity contribution in [1.29, 1.82) is 0 Å². The number of para-hydroxylation sites is 2. The molecule has 2 heterocycles. The summed E-state index contributed by atoms with van der Waals surface area (Å²) in [6, 6.07) is 13.5. The molecule has 0 fully saturated rings. The molecule has 0 bridgehead atoms. The van der Waals surface area contributed by atoms with E-state index in [1.165, 1.54) is 0 Å². The van der Waals surface area contributed by atoms with Crippen molar-refractivity contribution in [2.75, 3.05) is 0 Å². The van der Waals surface area contributed by atoms with Gasteiger partial charge in [-0.25, -0.2) is 0 Å². The number of aromatic nitrogens is 2. The molecule has 0 saturated carbocycles. The molecule has 10 N–H and O–H groups in total. The van der Waals surface area contributed by atoms with Gasteiger partial charge in [-0.2, -0.15) is 0 Å². The van der Waals surface area contributed by atoms with Crippen LogP contribution in [0.1, 0.15) is 11.1 Å². The third-order valence-corrected chi connectivity index (χ3v) is 4.83. The van der Waals surface area contributed by atoms with Gasteiger partial charge in [-0.15, -0.1) is 0 Å². The number of carboxylic acid groups (broad SMARTS) is 2. The van der Waals surface area contributed by atoms with Crippen LogP contribution in [0, 0.1) is 0 Å². The average molecular weight is 488 g/mol. The van der Waals surface area contributed by atoms with E-state index in [9.17, 15) is 19.8 Å². The summed E-state index contributed by atoms with van der Waals surface area (Å²) in [6.45, 7) is 0. The second-order valence-electron chi connectivity index (χ2n) is 6.98. The number of aromatic amines is 2. The minimum Gasteiger partial charge on any atom is -0.548 e. The summed E-state index contributed by atoms with van der Waals surface area (Å²) in [5, 5.41) is 23.0. The van der Waals surface area contributed by atoms with E-state index < -0.39 is 24.0 Å². The van der Waals surface area contributed by atoms with Gasteiger partial charge in [-0.3, -0.25) is 0 Å². The predicted octanol–water partition coefficient (Wildman–Crippen LogP) is -8.07. The van der Waals surface area contributed by atoms with Crippen LogP contribution in [0.25, 0.3) is 21.8 Å². The minimum absolute atomic E-state index is 0. The molecule has 12 heteroatoms. The van der Waals surface area contributed by atoms with Crippen LogP contribution in [-0.4, -0.2) is 44.9 Å². The molecule has 2 aromatic heterocycles. The zero-order chi connectivity index (χ0) is 21.7. The van der Waals surface area contributed by atoms with Crippen LogP contribution in [0.5, 0.6) is 0 Å². The Kier molecular flexibility index (Phi) is 16.3. The van der Waals surface area contributed by atoms with E-state index in [4.69, 9.17) is 11.5 Å². The van der Waals surface area contributed by atoms with E-state index in [0.717, 1.165) is 32.9 Å². The summed E-state index contributed by atoms with van der Waals surface area (Å²) in [5.41, 5.74) is 14.6. The predicted molar refractivity (Wildman–Crippen MR) is 117 cm³/mol. The Balaban J connectivity index is 0. The van der Waals surface area contributed by atoms with Gasteiger partial charge < -0.3 is 52.2 Å². The zero-order valence-electron chi connectivity index (χ0n) is 19.1. The van der Waals surface area contributed by atoms with Gasteiger partial charge in [0.15, 0.2) is 0 Å². The Hall–Kier alpha value is -1.70. The van der Waals surface area contributed by atoms with Crippen LogP contribution in [0.15, 0.2) is 60.9 Å². The third kappa shape index (κ3) is 8.82. The fraction of sp³-hybridized carbons (Fsp3) is 0.182. The molecule has 0 radical (unpaired) electrons. The minimum atomic E-state index is -1.22. The number of nitrogens with one attached hydrogen (secondary N) is 2. The Labute approximate surface area is 240 Å². The van der Waals surface area contributed by atoms with Crippen molar-refractivity contribution in [2.24, 2.45) is 11.5 Å². The summed E-state index contributed by atoms with van der Waals surface area (Å²) < 4.78 is 0. The number of aliphatic carboxylic acids is 2. The molecule has 0 aliphatic carbocycles. The molecule has 4 rings (SSSR count). The van der Waals surface area contributed by atoms with Crippen molar-refractivity contribution in [3.8, 4) is 0 Å². The maximum Gasteiger partial charge on any atom is 1.00 e. The van der Waals surface area contributed by atoms with E-state index in [1.54, 1.807) is 12.4 Å². The number of carbonyl (C=O) groups is 2. The molecule has 34 heavy (non-hydrogen) atoms. The molecule has 0 unspecified atom stereocenters. The smallest absolute Gasteiger partial charge is 0.548 e. The van der Waals surface area contributed by atoms with Gasteiger partial charge in [0.05, 0.1) is 11.9 Å². The van der Waals surface area contributed by atoms with Gasteiger partial charge in [0.2, 0.25) is 0 Å². The van der Waals surface area contributed by atoms with Gasteiger partial charge in [-0.05, 0) is 36.1 Å². The van der Waals surface area contributed by atoms with Crippen LogP contribution >= 0.6 is 0 Å². The van der Waals surface area contributed by atoms with Gasteiger partial charge in [-0.1, -0.05) is 36.4 Å². The zero-order valence-corrected chi connectivity index (χ0v) is 23.1. The molecular weight excluding hydrogens is 462 g/mol. The number of hydrogen-bond acceptors (Lipinski definition) is 6. The molecule has 172 valence electrons. The van der Waals surface area contributed by atoms with Crippen molar-refractivity contribution in [3.05, 3.63) is 72.1 Å². The quantitative estimate of drug-likeness (QED) is 0.193. The monoisotopic (exact) mass is 488 g/mol. The number of rotatable bonds is 6. The first-order chi connectivity index (χ1) is 14.4. The normalized spacial score (nSPS) is 11.4. The van der Waals surface area contributed by atoms with E-state index in [1.807, 2.05) is 48.5 Å². The Morgan fingerprint density at radius 1 is 0.706 bits per heavy atom. The summed E-state index contributed by atoms with van der Waals surface area (Å²) >= 11 is 0. The summed E-state index contributed by atoms with van der Waals surface area (Å²) in [5.74, 6) is -2.44. The van der Waals surface area contributed by atoms with Gasteiger partial charge in [0, 0.05) is 46.3 Å². The number of carbonyl (C=O) groups excluding carboxylic acids is 2. The molecule has 10 nitrogen and oxygen atoms in total. The first-order valence-corrected chi connectivity index (χ1v) is 9.39. The van der Waals surface area contributed by atoms with Gasteiger partial charge in [0.25, 0.3) is 0 Å². The first kappa shape index (κ1) is 34.5. The van der Waals surface area contributed by atoms with Gasteiger partial charge >= 0.3 is 59.1 Å². The average Bonchev–Trinajstić information content (AvgIpc) is 3.33. The summed E-state index contributed by atoms with van der Waals surface area (Å²) in [6.07, 6.45) is 4.14. The van der Waals surface area contributed by atoms with Crippen LogP contribution in [0.2, 0.25) is 0 Å². The molecule has 2 aromatic carbocycles. The van der Waals surface area contributed by atoms with Crippen LogP contribution in [0.3, 0.4) is 0 Å². The number of H-pyrrole nitrogens is 2. The number of benzene rings is 2. The molecule has 2 atom stereocenters. The first-order valence-electron chi connectivity index (χ1n) is 9.39. The third-order valence-electron chi connectivity index (χ3n) is 4.83. The molecule has 0 amide bonds. The van der Waals surface area contributed by atoms with Crippen molar-refractivity contribution in [1.82, 2.24) is 9.97 Å². The van der Waals surface area contributed by atoms with Crippen molar-refractivity contribution < 1.29 is 89.9 Å². The maximum atomic E-state index is 10.5. The second kappa shape index (κ2) is 16.1. The second-order valence-corrected chi connectivity index (χ2v) is 6.98. The van der Waals surface area contributed by atoms with Crippen LogP contribution in [0.4, 0.5) is 0 Å². The fourth-order valence-corrected chi connectivity index (χ4v) is 3.24. The SMILES string of the molecule is N[C@@H](Cc1c[nH]c2ccccc12)C(=O)[O-].N[C@@H](Cc1c[nH]c2ccccc12)C(=O)[O-].O.O.[Na+].[Na+]. The molecule has 0 aliphatic rings. The largest absolute Gasteiger partial charge is 1.00 e. The summed E-state index contributed by atoms with van der Waals surface area (Å²) in [4.78, 5) is 27.2. The van der Waals surface area contributed by atoms with E-state index in [-0.39, 0.29) is 82.9 Å². The summed E-state index contributed by atoms with van der Waals surface area (Å²) in [7, 11) is 0. The Bertz CT molecular complexity index is 1090. The van der Waals surface area contributed by atoms with Crippen molar-refractivity contribution in [2.45, 2.75) is 24.9 Å². The number of hydrogen-bond donors (Lipinski definition) is 4. The number of fused-ring (bicyclic) bond motifs is 2. The van der Waals surface area contributed by atoms with Crippen LogP contribution in [-0.2, 0) is 22.4 Å². The van der Waals surface area contributed by atoms with E-state index in [2.05, 4.69) is 9.97 Å². The maximum absolute atomic E-state index is 10.5. The van der Waals surface area contributed by atoms with Crippen molar-refractivity contribution in [3.63, 3.8) is 0 Å². The molecule has 0 aliphatic heterocycles. The number of carboxylic acids is 2. The molecule has 0 saturated heterocycles. The standard InChI is InChI=1S/2C11H12N2O2.2Na.2H2O/c2*12-9(11(14)15)5-7-6-13-10-4-2-1-3-8(7)10;;;;/h2*1-4,6,9,13H,5,12H2,(H,14,15);;;2*1H2/q;;2*+1;;/p-2/t2*9-;;;;/m00..../s1. The van der Waals surface area contributed by atoms with Crippen LogP contribution < -0.4 is 80.8 Å².